The average Bonchev–Trinajstić information content (AvgIpc) is 2.71. The SMILES string of the molecule is O=C(Oc1c(-c2ccc(Cl)cc2)oc2ccccc2c1=O)C1CCCCC1. The van der Waals surface area contributed by atoms with Crippen molar-refractivity contribution in [3.8, 4) is 17.1 Å². The predicted molar refractivity (Wildman–Crippen MR) is 105 cm³/mol. The quantitative estimate of drug-likeness (QED) is 0.553. The first-order valence-corrected chi connectivity index (χ1v) is 9.55. The number of para-hydroxylation sites is 1. The molecule has 0 amide bonds. The Morgan fingerprint density at radius 1 is 1.00 bits per heavy atom. The van der Waals surface area contributed by atoms with E-state index in [1.807, 2.05) is 0 Å². The van der Waals surface area contributed by atoms with Crippen LogP contribution in [0.15, 0.2) is 57.7 Å². The maximum atomic E-state index is 13.0. The lowest BCUT2D eigenvalue weighted by atomic mass is 9.89. The predicted octanol–water partition coefficient (Wildman–Crippen LogP) is 5.60. The van der Waals surface area contributed by atoms with Crippen molar-refractivity contribution in [3.63, 3.8) is 0 Å². The van der Waals surface area contributed by atoms with Crippen LogP contribution in [0.1, 0.15) is 32.1 Å². The largest absolute Gasteiger partial charge is 0.452 e. The Morgan fingerprint density at radius 3 is 2.44 bits per heavy atom. The molecule has 0 N–H and O–H groups in total. The number of hydrogen-bond donors (Lipinski definition) is 0. The van der Waals surface area contributed by atoms with Gasteiger partial charge in [-0.05, 0) is 49.2 Å². The van der Waals surface area contributed by atoms with E-state index in [0.29, 0.717) is 21.6 Å². The molecule has 138 valence electrons. The minimum atomic E-state index is -0.354. The summed E-state index contributed by atoms with van der Waals surface area (Å²) in [5, 5.41) is 0.962. The molecule has 1 aromatic heterocycles. The smallest absolute Gasteiger partial charge is 0.314 e. The van der Waals surface area contributed by atoms with Crippen molar-refractivity contribution >= 4 is 28.5 Å². The van der Waals surface area contributed by atoms with Crippen LogP contribution in [0.4, 0.5) is 0 Å². The molecule has 1 fully saturated rings. The van der Waals surface area contributed by atoms with Gasteiger partial charge in [0.25, 0.3) is 0 Å². The maximum absolute atomic E-state index is 13.0. The third-order valence-corrected chi connectivity index (χ3v) is 5.26. The van der Waals surface area contributed by atoms with Crippen molar-refractivity contribution in [3.05, 3.63) is 63.8 Å². The second kappa shape index (κ2) is 7.57. The molecule has 5 heteroatoms. The van der Waals surface area contributed by atoms with Crippen LogP contribution in [0.25, 0.3) is 22.3 Å². The zero-order chi connectivity index (χ0) is 18.8. The van der Waals surface area contributed by atoms with Gasteiger partial charge in [0.05, 0.1) is 11.3 Å². The van der Waals surface area contributed by atoms with Gasteiger partial charge in [0.2, 0.25) is 11.2 Å². The molecule has 0 bridgehead atoms. The number of benzene rings is 2. The first kappa shape index (κ1) is 17.8. The number of esters is 1. The summed E-state index contributed by atoms with van der Waals surface area (Å²) in [5.74, 6) is -0.318. The Kier molecular flexibility index (Phi) is 4.99. The molecule has 0 aliphatic heterocycles. The van der Waals surface area contributed by atoms with Gasteiger partial charge < -0.3 is 9.15 Å². The molecule has 0 radical (unpaired) electrons. The summed E-state index contributed by atoms with van der Waals surface area (Å²) < 4.78 is 11.6. The number of hydrogen-bond acceptors (Lipinski definition) is 4. The number of fused-ring (bicyclic) bond motifs is 1. The molecule has 1 aliphatic carbocycles. The first-order valence-electron chi connectivity index (χ1n) is 9.17. The molecule has 1 aliphatic rings. The first-order chi connectivity index (χ1) is 13.1. The van der Waals surface area contributed by atoms with E-state index in [4.69, 9.17) is 20.8 Å². The molecule has 0 saturated heterocycles. The molecule has 0 unspecified atom stereocenters. The van der Waals surface area contributed by atoms with Crippen LogP contribution in [-0.4, -0.2) is 5.97 Å². The van der Waals surface area contributed by atoms with Crippen LogP contribution in [0.2, 0.25) is 5.02 Å². The summed E-state index contributed by atoms with van der Waals surface area (Å²) in [6.07, 6.45) is 4.76. The highest BCUT2D eigenvalue weighted by atomic mass is 35.5. The van der Waals surface area contributed by atoms with Gasteiger partial charge in [0, 0.05) is 10.6 Å². The Labute approximate surface area is 161 Å². The molecular formula is C22H19ClO4. The number of carbonyl (C=O) groups is 1. The molecule has 4 rings (SSSR count). The van der Waals surface area contributed by atoms with Gasteiger partial charge in [-0.2, -0.15) is 0 Å². The number of rotatable bonds is 3. The van der Waals surface area contributed by atoms with Crippen LogP contribution >= 0.6 is 11.6 Å². The van der Waals surface area contributed by atoms with Crippen LogP contribution in [0, 0.1) is 5.92 Å². The molecule has 0 atom stereocenters. The molecule has 3 aromatic rings. The monoisotopic (exact) mass is 382 g/mol. The molecule has 4 nitrogen and oxygen atoms in total. The van der Waals surface area contributed by atoms with E-state index in [2.05, 4.69) is 0 Å². The lowest BCUT2D eigenvalue weighted by molar-refractivity contribution is -0.140. The number of ether oxygens (including phenoxy) is 1. The van der Waals surface area contributed by atoms with Crippen molar-refractivity contribution in [2.45, 2.75) is 32.1 Å². The Balaban J connectivity index is 1.82. The standard InChI is InChI=1S/C22H19ClO4/c23-16-12-10-14(11-13-16)20-21(27-22(25)15-6-2-1-3-7-15)19(24)17-8-4-5-9-18(17)26-20/h4-5,8-13,15H,1-3,6-7H2. The molecule has 1 heterocycles. The van der Waals surface area contributed by atoms with Crippen molar-refractivity contribution in [1.29, 1.82) is 0 Å². The summed E-state index contributed by atoms with van der Waals surface area (Å²) in [5.41, 5.74) is 0.740. The summed E-state index contributed by atoms with van der Waals surface area (Å²) in [4.78, 5) is 25.7. The zero-order valence-corrected chi connectivity index (χ0v) is 15.5. The minimum Gasteiger partial charge on any atom is -0.452 e. The number of halogens is 1. The van der Waals surface area contributed by atoms with Gasteiger partial charge in [-0.1, -0.05) is 43.0 Å². The van der Waals surface area contributed by atoms with Crippen molar-refractivity contribution < 1.29 is 13.9 Å². The van der Waals surface area contributed by atoms with E-state index in [1.54, 1.807) is 48.5 Å². The fourth-order valence-electron chi connectivity index (χ4n) is 3.53. The summed E-state index contributed by atoms with van der Waals surface area (Å²) in [6, 6.07) is 13.9. The maximum Gasteiger partial charge on any atom is 0.314 e. The fourth-order valence-corrected chi connectivity index (χ4v) is 3.66. The third kappa shape index (κ3) is 3.62. The van der Waals surface area contributed by atoms with Gasteiger partial charge in [-0.3, -0.25) is 9.59 Å². The van der Waals surface area contributed by atoms with Gasteiger partial charge in [0.1, 0.15) is 5.58 Å². The fraction of sp³-hybridized carbons (Fsp3) is 0.273. The Hall–Kier alpha value is -2.59. The van der Waals surface area contributed by atoms with Crippen LogP contribution in [0.3, 0.4) is 0 Å². The van der Waals surface area contributed by atoms with Gasteiger partial charge in [0.15, 0.2) is 5.76 Å². The summed E-state index contributed by atoms with van der Waals surface area (Å²) >= 11 is 5.97. The molecule has 1 saturated carbocycles. The van der Waals surface area contributed by atoms with Crippen LogP contribution in [0.5, 0.6) is 5.75 Å². The summed E-state index contributed by atoms with van der Waals surface area (Å²) in [6.45, 7) is 0. The highest BCUT2D eigenvalue weighted by Crippen LogP contribution is 2.33. The van der Waals surface area contributed by atoms with E-state index in [0.717, 1.165) is 32.1 Å². The Bertz CT molecular complexity index is 1030. The van der Waals surface area contributed by atoms with Crippen molar-refractivity contribution in [1.82, 2.24) is 0 Å². The molecule has 27 heavy (non-hydrogen) atoms. The van der Waals surface area contributed by atoms with E-state index in [1.165, 1.54) is 0 Å². The third-order valence-electron chi connectivity index (χ3n) is 5.00. The van der Waals surface area contributed by atoms with Crippen molar-refractivity contribution in [2.75, 3.05) is 0 Å². The average molecular weight is 383 g/mol. The van der Waals surface area contributed by atoms with E-state index >= 15 is 0 Å². The van der Waals surface area contributed by atoms with Gasteiger partial charge >= 0.3 is 5.97 Å². The molecular weight excluding hydrogens is 364 g/mol. The highest BCUT2D eigenvalue weighted by molar-refractivity contribution is 6.30. The molecule has 0 spiro atoms. The molecule has 2 aromatic carbocycles. The van der Waals surface area contributed by atoms with E-state index in [9.17, 15) is 9.59 Å². The number of carbonyl (C=O) groups excluding carboxylic acids is 1. The van der Waals surface area contributed by atoms with Crippen LogP contribution in [-0.2, 0) is 4.79 Å². The summed E-state index contributed by atoms with van der Waals surface area (Å²) in [7, 11) is 0. The lowest BCUT2D eigenvalue weighted by Crippen LogP contribution is -2.25. The Morgan fingerprint density at radius 2 is 1.70 bits per heavy atom. The van der Waals surface area contributed by atoms with E-state index < -0.39 is 0 Å². The minimum absolute atomic E-state index is 0.0494. The zero-order valence-electron chi connectivity index (χ0n) is 14.7. The van der Waals surface area contributed by atoms with Crippen molar-refractivity contribution in [2.24, 2.45) is 5.92 Å². The topological polar surface area (TPSA) is 56.5 Å². The highest BCUT2D eigenvalue weighted by Gasteiger charge is 2.26. The normalized spacial score (nSPS) is 15.0. The second-order valence-electron chi connectivity index (χ2n) is 6.85. The van der Waals surface area contributed by atoms with Gasteiger partial charge in [-0.25, -0.2) is 0 Å². The lowest BCUT2D eigenvalue weighted by Gasteiger charge is -2.20. The van der Waals surface area contributed by atoms with Crippen LogP contribution < -0.4 is 10.2 Å². The van der Waals surface area contributed by atoms with E-state index in [-0.39, 0.29) is 28.8 Å². The second-order valence-corrected chi connectivity index (χ2v) is 7.28. The van der Waals surface area contributed by atoms with Gasteiger partial charge in [-0.15, -0.1) is 0 Å².